The largest absolute Gasteiger partial charge is 0.319 e. The van der Waals surface area contributed by atoms with Crippen LogP contribution in [0.2, 0.25) is 0 Å². The Balaban J connectivity index is 2.65. The lowest BCUT2D eigenvalue weighted by atomic mass is 10.1. The lowest BCUT2D eigenvalue weighted by molar-refractivity contribution is -0.483. The zero-order valence-electron chi connectivity index (χ0n) is 6.51. The summed E-state index contributed by atoms with van der Waals surface area (Å²) in [7, 11) is 0. The van der Waals surface area contributed by atoms with Crippen LogP contribution in [0.3, 0.4) is 0 Å². The first kappa shape index (κ1) is 8.67. The highest BCUT2D eigenvalue weighted by molar-refractivity contribution is 5.18. The molecule has 4 nitrogen and oxygen atoms in total. The van der Waals surface area contributed by atoms with Gasteiger partial charge in [0.15, 0.2) is 0 Å². The molecule has 0 fully saturated rings. The van der Waals surface area contributed by atoms with Crippen molar-refractivity contribution in [3.63, 3.8) is 0 Å². The highest BCUT2D eigenvalue weighted by atomic mass is 16.6. The van der Waals surface area contributed by atoms with Gasteiger partial charge in [0.2, 0.25) is 6.54 Å². The number of hydrogen-bond acceptors (Lipinski definition) is 3. The molecular formula is C8H10N2O2. The Morgan fingerprint density at radius 3 is 2.50 bits per heavy atom. The van der Waals surface area contributed by atoms with Crippen LogP contribution in [0.25, 0.3) is 0 Å². The SMILES string of the molecule is NC(C[N+](=O)[O-])c1ccccc1. The first-order valence-electron chi connectivity index (χ1n) is 3.62. The van der Waals surface area contributed by atoms with Crippen molar-refractivity contribution in [2.45, 2.75) is 6.04 Å². The Labute approximate surface area is 70.2 Å². The van der Waals surface area contributed by atoms with Gasteiger partial charge in [-0.1, -0.05) is 30.3 Å². The molecule has 0 spiro atoms. The van der Waals surface area contributed by atoms with Gasteiger partial charge >= 0.3 is 0 Å². The summed E-state index contributed by atoms with van der Waals surface area (Å²) in [5.74, 6) is 0. The molecule has 0 aliphatic heterocycles. The molecule has 0 amide bonds. The summed E-state index contributed by atoms with van der Waals surface area (Å²) in [6, 6.07) is 8.55. The van der Waals surface area contributed by atoms with Crippen LogP contribution in [-0.2, 0) is 0 Å². The molecule has 0 bridgehead atoms. The molecule has 0 aliphatic carbocycles. The third-order valence-corrected chi connectivity index (χ3v) is 1.57. The minimum Gasteiger partial charge on any atom is -0.319 e. The maximum Gasteiger partial charge on any atom is 0.222 e. The molecule has 1 unspecified atom stereocenters. The molecule has 1 aromatic rings. The standard InChI is InChI=1S/C8H10N2O2/c9-8(6-10(11)12)7-4-2-1-3-5-7/h1-5,8H,6,9H2. The van der Waals surface area contributed by atoms with Crippen molar-refractivity contribution in [2.24, 2.45) is 5.73 Å². The summed E-state index contributed by atoms with van der Waals surface area (Å²) in [4.78, 5) is 9.70. The number of nitrogens with two attached hydrogens (primary N) is 1. The van der Waals surface area contributed by atoms with Crippen molar-refractivity contribution >= 4 is 0 Å². The molecule has 2 N–H and O–H groups in total. The number of hydrogen-bond donors (Lipinski definition) is 1. The second-order valence-electron chi connectivity index (χ2n) is 2.53. The van der Waals surface area contributed by atoms with Crippen molar-refractivity contribution in [3.05, 3.63) is 46.0 Å². The minimum atomic E-state index is -0.499. The van der Waals surface area contributed by atoms with Gasteiger partial charge in [-0.25, -0.2) is 0 Å². The summed E-state index contributed by atoms with van der Waals surface area (Å²) < 4.78 is 0. The van der Waals surface area contributed by atoms with E-state index < -0.39 is 11.0 Å². The van der Waals surface area contributed by atoms with Gasteiger partial charge in [-0.05, 0) is 5.56 Å². The Bertz CT molecular complexity index is 261. The van der Waals surface area contributed by atoms with Crippen LogP contribution in [0.15, 0.2) is 30.3 Å². The molecule has 0 aromatic heterocycles. The van der Waals surface area contributed by atoms with E-state index in [1.807, 2.05) is 18.2 Å². The van der Waals surface area contributed by atoms with Gasteiger partial charge in [0.1, 0.15) is 0 Å². The Morgan fingerprint density at radius 1 is 1.42 bits per heavy atom. The molecule has 0 saturated heterocycles. The van der Waals surface area contributed by atoms with E-state index >= 15 is 0 Å². The molecule has 0 radical (unpaired) electrons. The van der Waals surface area contributed by atoms with Crippen LogP contribution < -0.4 is 5.73 Å². The number of rotatable bonds is 3. The van der Waals surface area contributed by atoms with Crippen molar-refractivity contribution in [1.82, 2.24) is 0 Å². The van der Waals surface area contributed by atoms with Gasteiger partial charge in [-0.3, -0.25) is 10.1 Å². The zero-order chi connectivity index (χ0) is 8.97. The minimum absolute atomic E-state index is 0.218. The smallest absolute Gasteiger partial charge is 0.222 e. The highest BCUT2D eigenvalue weighted by Crippen LogP contribution is 2.08. The third-order valence-electron chi connectivity index (χ3n) is 1.57. The number of nitro groups is 1. The van der Waals surface area contributed by atoms with Crippen molar-refractivity contribution in [1.29, 1.82) is 0 Å². The topological polar surface area (TPSA) is 69.2 Å². The van der Waals surface area contributed by atoms with E-state index in [-0.39, 0.29) is 6.54 Å². The fourth-order valence-electron chi connectivity index (χ4n) is 0.966. The first-order chi connectivity index (χ1) is 5.70. The van der Waals surface area contributed by atoms with Gasteiger partial charge in [0, 0.05) is 4.92 Å². The summed E-state index contributed by atoms with van der Waals surface area (Å²) in [5.41, 5.74) is 6.35. The lowest BCUT2D eigenvalue weighted by Gasteiger charge is -2.05. The fourth-order valence-corrected chi connectivity index (χ4v) is 0.966. The van der Waals surface area contributed by atoms with Crippen molar-refractivity contribution in [2.75, 3.05) is 6.54 Å². The van der Waals surface area contributed by atoms with Gasteiger partial charge in [-0.2, -0.15) is 0 Å². The third kappa shape index (κ3) is 2.32. The summed E-state index contributed by atoms with van der Waals surface area (Å²) in [6.07, 6.45) is 0. The van der Waals surface area contributed by atoms with Crippen LogP contribution in [-0.4, -0.2) is 11.5 Å². The Morgan fingerprint density at radius 2 is 2.00 bits per heavy atom. The van der Waals surface area contributed by atoms with Gasteiger partial charge < -0.3 is 5.73 Å². The molecular weight excluding hydrogens is 156 g/mol. The molecule has 0 aliphatic rings. The maximum atomic E-state index is 10.1. The van der Waals surface area contributed by atoms with Crippen LogP contribution in [0, 0.1) is 10.1 Å². The van der Waals surface area contributed by atoms with Crippen LogP contribution in [0.1, 0.15) is 11.6 Å². The quantitative estimate of drug-likeness (QED) is 0.537. The van der Waals surface area contributed by atoms with E-state index in [9.17, 15) is 10.1 Å². The maximum absolute atomic E-state index is 10.1. The summed E-state index contributed by atoms with van der Waals surface area (Å²) >= 11 is 0. The van der Waals surface area contributed by atoms with Gasteiger partial charge in [0.05, 0.1) is 6.04 Å². The summed E-state index contributed by atoms with van der Waals surface area (Å²) in [6.45, 7) is -0.218. The van der Waals surface area contributed by atoms with Crippen LogP contribution in [0.5, 0.6) is 0 Å². The Hall–Kier alpha value is -1.42. The number of nitrogens with zero attached hydrogens (tertiary/aromatic N) is 1. The van der Waals surface area contributed by atoms with Crippen LogP contribution in [0.4, 0.5) is 0 Å². The molecule has 1 rings (SSSR count). The number of benzene rings is 1. The fraction of sp³-hybridized carbons (Fsp3) is 0.250. The Kier molecular flexibility index (Phi) is 2.76. The van der Waals surface area contributed by atoms with Crippen LogP contribution >= 0.6 is 0 Å². The molecule has 1 atom stereocenters. The average molecular weight is 166 g/mol. The monoisotopic (exact) mass is 166 g/mol. The van der Waals surface area contributed by atoms with Crippen molar-refractivity contribution in [3.8, 4) is 0 Å². The van der Waals surface area contributed by atoms with E-state index in [4.69, 9.17) is 5.73 Å². The zero-order valence-corrected chi connectivity index (χ0v) is 6.51. The molecule has 0 heterocycles. The van der Waals surface area contributed by atoms with Gasteiger partial charge in [0.25, 0.3) is 0 Å². The first-order valence-corrected chi connectivity index (χ1v) is 3.62. The van der Waals surface area contributed by atoms with Crippen molar-refractivity contribution < 1.29 is 4.92 Å². The van der Waals surface area contributed by atoms with E-state index in [1.165, 1.54) is 0 Å². The van der Waals surface area contributed by atoms with E-state index in [0.717, 1.165) is 5.56 Å². The normalized spacial score (nSPS) is 12.4. The predicted molar refractivity (Wildman–Crippen MR) is 45.2 cm³/mol. The molecule has 4 heteroatoms. The molecule has 12 heavy (non-hydrogen) atoms. The molecule has 0 saturated carbocycles. The molecule has 64 valence electrons. The molecule has 1 aromatic carbocycles. The lowest BCUT2D eigenvalue weighted by Crippen LogP contribution is -2.20. The van der Waals surface area contributed by atoms with E-state index in [0.29, 0.717) is 0 Å². The summed E-state index contributed by atoms with van der Waals surface area (Å²) in [5, 5.41) is 10.1. The van der Waals surface area contributed by atoms with E-state index in [2.05, 4.69) is 0 Å². The highest BCUT2D eigenvalue weighted by Gasteiger charge is 2.10. The predicted octanol–water partition coefficient (Wildman–Crippen LogP) is 0.963. The second-order valence-corrected chi connectivity index (χ2v) is 2.53. The van der Waals surface area contributed by atoms with E-state index in [1.54, 1.807) is 12.1 Å². The second kappa shape index (κ2) is 3.82. The average Bonchev–Trinajstić information content (AvgIpc) is 2.05. The van der Waals surface area contributed by atoms with Gasteiger partial charge in [-0.15, -0.1) is 0 Å².